The molecule has 0 aromatic heterocycles. The van der Waals surface area contributed by atoms with Crippen LogP contribution in [0.3, 0.4) is 0 Å². The minimum absolute atomic E-state index is 0.0456. The van der Waals surface area contributed by atoms with E-state index < -0.39 is 12.1 Å². The first-order valence-corrected chi connectivity index (χ1v) is 6.91. The summed E-state index contributed by atoms with van der Waals surface area (Å²) in [5.74, 6) is -0.581. The molecule has 8 nitrogen and oxygen atoms in total. The molecule has 0 saturated carbocycles. The molecular formula is C15H19N3O5. The van der Waals surface area contributed by atoms with E-state index in [2.05, 4.69) is 27.3 Å². The Labute approximate surface area is 133 Å². The molecule has 0 atom stereocenters. The number of rotatable bonds is 8. The summed E-state index contributed by atoms with van der Waals surface area (Å²) in [7, 11) is 0. The molecule has 124 valence electrons. The first-order chi connectivity index (χ1) is 11.1. The van der Waals surface area contributed by atoms with Gasteiger partial charge >= 0.3 is 18.1 Å². The Morgan fingerprint density at radius 1 is 1.00 bits per heavy atom. The van der Waals surface area contributed by atoms with Crippen LogP contribution in [0.4, 0.5) is 15.3 Å². The zero-order chi connectivity index (χ0) is 16.9. The summed E-state index contributed by atoms with van der Waals surface area (Å²) in [5.41, 5.74) is 0.673. The van der Waals surface area contributed by atoms with Crippen LogP contribution in [0.5, 0.6) is 0 Å². The summed E-state index contributed by atoms with van der Waals surface area (Å²) >= 11 is 0. The van der Waals surface area contributed by atoms with Crippen molar-refractivity contribution >= 4 is 23.8 Å². The van der Waals surface area contributed by atoms with E-state index in [0.717, 1.165) is 6.08 Å². The van der Waals surface area contributed by atoms with Crippen molar-refractivity contribution < 1.29 is 23.9 Å². The quantitative estimate of drug-likeness (QED) is 0.380. The molecule has 1 rings (SSSR count). The normalized spacial score (nSPS) is 9.39. The predicted octanol–water partition coefficient (Wildman–Crippen LogP) is 1.26. The van der Waals surface area contributed by atoms with E-state index in [0.29, 0.717) is 5.69 Å². The van der Waals surface area contributed by atoms with Crippen LogP contribution in [0.25, 0.3) is 0 Å². The number of urea groups is 1. The van der Waals surface area contributed by atoms with Gasteiger partial charge in [-0.05, 0) is 12.1 Å². The lowest BCUT2D eigenvalue weighted by molar-refractivity contribution is -0.138. The Bertz CT molecular complexity index is 533. The van der Waals surface area contributed by atoms with E-state index in [1.54, 1.807) is 24.3 Å². The van der Waals surface area contributed by atoms with Crippen molar-refractivity contribution in [2.75, 3.05) is 31.6 Å². The zero-order valence-corrected chi connectivity index (χ0v) is 12.5. The molecule has 0 heterocycles. The van der Waals surface area contributed by atoms with Gasteiger partial charge < -0.3 is 25.4 Å². The highest BCUT2D eigenvalue weighted by atomic mass is 16.6. The molecule has 0 aliphatic carbocycles. The molecule has 0 saturated heterocycles. The molecule has 0 radical (unpaired) electrons. The molecule has 3 N–H and O–H groups in total. The van der Waals surface area contributed by atoms with Crippen molar-refractivity contribution in [2.24, 2.45) is 0 Å². The van der Waals surface area contributed by atoms with Gasteiger partial charge in [0.2, 0.25) is 0 Å². The Balaban J connectivity index is 2.03. The third-order valence-electron chi connectivity index (χ3n) is 2.44. The van der Waals surface area contributed by atoms with Gasteiger partial charge in [0.05, 0.1) is 0 Å². The van der Waals surface area contributed by atoms with E-state index in [1.807, 2.05) is 6.07 Å². The van der Waals surface area contributed by atoms with E-state index in [1.165, 1.54) is 0 Å². The number of benzene rings is 1. The highest BCUT2D eigenvalue weighted by Crippen LogP contribution is 2.03. The van der Waals surface area contributed by atoms with Gasteiger partial charge in [0, 0.05) is 24.9 Å². The van der Waals surface area contributed by atoms with Gasteiger partial charge in [0.1, 0.15) is 13.2 Å². The Morgan fingerprint density at radius 2 is 1.65 bits per heavy atom. The van der Waals surface area contributed by atoms with Crippen LogP contribution in [0, 0.1) is 0 Å². The Morgan fingerprint density at radius 3 is 2.35 bits per heavy atom. The van der Waals surface area contributed by atoms with E-state index in [9.17, 15) is 14.4 Å². The highest BCUT2D eigenvalue weighted by molar-refractivity contribution is 5.89. The molecule has 0 aliphatic heterocycles. The summed E-state index contributed by atoms with van der Waals surface area (Å²) in [6.45, 7) is 3.56. The predicted molar refractivity (Wildman–Crippen MR) is 84.0 cm³/mol. The molecule has 0 fully saturated rings. The highest BCUT2D eigenvalue weighted by Gasteiger charge is 2.03. The number of nitrogens with one attached hydrogen (secondary N) is 3. The summed E-state index contributed by atoms with van der Waals surface area (Å²) in [6.07, 6.45) is 0.358. The number of carbonyl (C=O) groups is 3. The topological polar surface area (TPSA) is 106 Å². The zero-order valence-electron chi connectivity index (χ0n) is 12.5. The average Bonchev–Trinajstić information content (AvgIpc) is 2.56. The molecular weight excluding hydrogens is 302 g/mol. The number of alkyl carbamates (subject to hydrolysis) is 1. The standard InChI is InChI=1S/C15H19N3O5/c1-2-13(19)22-10-11-23-15(21)17-9-8-16-14(20)18-12-6-4-3-5-7-12/h2-7H,1,8-11H2,(H,17,21)(H2,16,18,20). The smallest absolute Gasteiger partial charge is 0.407 e. The van der Waals surface area contributed by atoms with Crippen LogP contribution < -0.4 is 16.0 Å². The monoisotopic (exact) mass is 321 g/mol. The van der Waals surface area contributed by atoms with Gasteiger partial charge in [-0.25, -0.2) is 14.4 Å². The van der Waals surface area contributed by atoms with Crippen molar-refractivity contribution in [1.29, 1.82) is 0 Å². The van der Waals surface area contributed by atoms with Crippen LogP contribution >= 0.6 is 0 Å². The summed E-state index contributed by atoms with van der Waals surface area (Å²) in [4.78, 5) is 33.5. The lowest BCUT2D eigenvalue weighted by Gasteiger charge is -2.09. The first kappa shape index (κ1) is 18.0. The van der Waals surface area contributed by atoms with Crippen LogP contribution in [-0.2, 0) is 14.3 Å². The first-order valence-electron chi connectivity index (χ1n) is 6.91. The van der Waals surface area contributed by atoms with Crippen molar-refractivity contribution in [2.45, 2.75) is 0 Å². The second-order valence-corrected chi connectivity index (χ2v) is 4.18. The van der Waals surface area contributed by atoms with Gasteiger partial charge in [-0.2, -0.15) is 0 Å². The van der Waals surface area contributed by atoms with Gasteiger partial charge in [-0.3, -0.25) is 0 Å². The maximum Gasteiger partial charge on any atom is 0.407 e. The SMILES string of the molecule is C=CC(=O)OCCOC(=O)NCCNC(=O)Nc1ccccc1. The van der Waals surface area contributed by atoms with Gasteiger partial charge in [0.25, 0.3) is 0 Å². The van der Waals surface area contributed by atoms with Crippen molar-refractivity contribution in [3.05, 3.63) is 43.0 Å². The minimum atomic E-state index is -0.662. The molecule has 1 aromatic carbocycles. The number of ether oxygens (including phenoxy) is 2. The fraction of sp³-hybridized carbons (Fsp3) is 0.267. The van der Waals surface area contributed by atoms with Crippen LogP contribution in [0.2, 0.25) is 0 Å². The maximum absolute atomic E-state index is 11.5. The lowest BCUT2D eigenvalue weighted by Crippen LogP contribution is -2.37. The minimum Gasteiger partial charge on any atom is -0.459 e. The second-order valence-electron chi connectivity index (χ2n) is 4.18. The summed E-state index contributed by atoms with van der Waals surface area (Å²) < 4.78 is 9.38. The van der Waals surface area contributed by atoms with E-state index >= 15 is 0 Å². The Hall–Kier alpha value is -3.03. The fourth-order valence-corrected chi connectivity index (χ4v) is 1.42. The largest absolute Gasteiger partial charge is 0.459 e. The number of hydrogen-bond acceptors (Lipinski definition) is 5. The van der Waals surface area contributed by atoms with Crippen LogP contribution in [-0.4, -0.2) is 44.4 Å². The molecule has 0 aliphatic rings. The molecule has 1 aromatic rings. The Kier molecular flexibility index (Phi) is 8.35. The summed E-state index contributed by atoms with van der Waals surface area (Å²) in [6, 6.07) is 8.60. The maximum atomic E-state index is 11.5. The molecule has 3 amide bonds. The number of anilines is 1. The van der Waals surface area contributed by atoms with E-state index in [4.69, 9.17) is 4.74 Å². The number of esters is 1. The van der Waals surface area contributed by atoms with Gasteiger partial charge in [0.15, 0.2) is 0 Å². The second kappa shape index (κ2) is 10.7. The molecule has 8 heteroatoms. The number of amides is 3. The molecule has 0 spiro atoms. The van der Waals surface area contributed by atoms with Gasteiger partial charge in [-0.1, -0.05) is 24.8 Å². The average molecular weight is 321 g/mol. The molecule has 0 unspecified atom stereocenters. The summed E-state index contributed by atoms with van der Waals surface area (Å²) in [5, 5.41) is 7.65. The number of para-hydroxylation sites is 1. The fourth-order valence-electron chi connectivity index (χ4n) is 1.42. The van der Waals surface area contributed by atoms with Crippen LogP contribution in [0.1, 0.15) is 0 Å². The number of hydrogen-bond donors (Lipinski definition) is 3. The van der Waals surface area contributed by atoms with Gasteiger partial charge in [-0.15, -0.1) is 0 Å². The van der Waals surface area contributed by atoms with Crippen molar-refractivity contribution in [3.8, 4) is 0 Å². The molecule has 0 bridgehead atoms. The third-order valence-corrected chi connectivity index (χ3v) is 2.44. The number of carbonyl (C=O) groups excluding carboxylic acids is 3. The van der Waals surface area contributed by atoms with Crippen molar-refractivity contribution in [1.82, 2.24) is 10.6 Å². The van der Waals surface area contributed by atoms with Crippen LogP contribution in [0.15, 0.2) is 43.0 Å². The lowest BCUT2D eigenvalue weighted by atomic mass is 10.3. The van der Waals surface area contributed by atoms with Crippen molar-refractivity contribution in [3.63, 3.8) is 0 Å². The third kappa shape index (κ3) is 8.76. The molecule has 23 heavy (non-hydrogen) atoms. The van der Waals surface area contributed by atoms with E-state index in [-0.39, 0.29) is 32.3 Å².